The number of ether oxygens (including phenoxy) is 1. The summed E-state index contributed by atoms with van der Waals surface area (Å²) < 4.78 is 5.78. The number of allylic oxidation sites excluding steroid dienone is 4. The molecule has 0 atom stereocenters. The van der Waals surface area contributed by atoms with E-state index in [9.17, 15) is 0 Å². The van der Waals surface area contributed by atoms with E-state index in [4.69, 9.17) is 4.74 Å². The fourth-order valence-electron chi connectivity index (χ4n) is 1.50. The molecular weight excluding hydrogens is 160 g/mol. The summed E-state index contributed by atoms with van der Waals surface area (Å²) in [5.41, 5.74) is 0. The van der Waals surface area contributed by atoms with Crippen LogP contribution in [0.3, 0.4) is 0 Å². The molecule has 2 aliphatic rings. The molecule has 0 aromatic rings. The molecule has 0 spiro atoms. The Morgan fingerprint density at radius 1 is 0.692 bits per heavy atom. The molecule has 1 heteroatoms. The molecule has 0 saturated carbocycles. The smallest absolute Gasteiger partial charge is 0.0950 e. The molecular formula is C12H14O. The maximum Gasteiger partial charge on any atom is 0.0950 e. The predicted molar refractivity (Wildman–Crippen MR) is 54.5 cm³/mol. The van der Waals surface area contributed by atoms with Crippen LogP contribution >= 0.6 is 0 Å². The zero-order chi connectivity index (χ0) is 8.93. The zero-order valence-electron chi connectivity index (χ0n) is 7.60. The summed E-state index contributed by atoms with van der Waals surface area (Å²) in [6.07, 6.45) is 19.4. The fourth-order valence-corrected chi connectivity index (χ4v) is 1.50. The fraction of sp³-hybridized carbons (Fsp3) is 0.333. The molecule has 0 saturated heterocycles. The van der Waals surface area contributed by atoms with Gasteiger partial charge in [-0.25, -0.2) is 0 Å². The third kappa shape index (κ3) is 2.43. The average Bonchev–Trinajstić information content (AvgIpc) is 2.21. The molecule has 68 valence electrons. The molecule has 1 nitrogen and oxygen atoms in total. The van der Waals surface area contributed by atoms with Crippen LogP contribution in [0.15, 0.2) is 48.6 Å². The van der Waals surface area contributed by atoms with E-state index in [1.807, 2.05) is 0 Å². The first-order valence-electron chi connectivity index (χ1n) is 4.77. The summed E-state index contributed by atoms with van der Waals surface area (Å²) in [5, 5.41) is 0. The lowest BCUT2D eigenvalue weighted by atomic mass is 10.1. The lowest BCUT2D eigenvalue weighted by Gasteiger charge is -2.18. The second-order valence-corrected chi connectivity index (χ2v) is 3.25. The van der Waals surface area contributed by atoms with Crippen LogP contribution in [0.5, 0.6) is 0 Å². The maximum absolute atomic E-state index is 5.78. The summed E-state index contributed by atoms with van der Waals surface area (Å²) >= 11 is 0. The quantitative estimate of drug-likeness (QED) is 0.585. The van der Waals surface area contributed by atoms with Crippen LogP contribution in [-0.2, 0) is 4.74 Å². The van der Waals surface area contributed by atoms with E-state index in [2.05, 4.69) is 48.6 Å². The Labute approximate surface area is 79.1 Å². The first-order chi connectivity index (χ1) is 6.45. The molecule has 0 aromatic carbocycles. The third-order valence-corrected chi connectivity index (χ3v) is 2.16. The molecule has 2 rings (SSSR count). The summed E-state index contributed by atoms with van der Waals surface area (Å²) in [5.74, 6) is 0. The molecule has 0 heterocycles. The van der Waals surface area contributed by atoms with Gasteiger partial charge in [0.15, 0.2) is 0 Å². The van der Waals surface area contributed by atoms with Crippen molar-refractivity contribution in [3.05, 3.63) is 48.6 Å². The van der Waals surface area contributed by atoms with Gasteiger partial charge in [0, 0.05) is 0 Å². The largest absolute Gasteiger partial charge is 0.359 e. The van der Waals surface area contributed by atoms with Crippen molar-refractivity contribution in [2.24, 2.45) is 0 Å². The van der Waals surface area contributed by atoms with Gasteiger partial charge in [-0.1, -0.05) is 48.6 Å². The second kappa shape index (κ2) is 4.24. The highest BCUT2D eigenvalue weighted by atomic mass is 16.5. The Kier molecular flexibility index (Phi) is 2.78. The Balaban J connectivity index is 1.89. The van der Waals surface area contributed by atoms with Gasteiger partial charge in [0.2, 0.25) is 0 Å². The molecule has 0 unspecified atom stereocenters. The van der Waals surface area contributed by atoms with Crippen molar-refractivity contribution in [1.82, 2.24) is 0 Å². The van der Waals surface area contributed by atoms with Crippen LogP contribution in [-0.4, -0.2) is 12.2 Å². The van der Waals surface area contributed by atoms with Gasteiger partial charge >= 0.3 is 0 Å². The van der Waals surface area contributed by atoms with Crippen LogP contribution in [0.4, 0.5) is 0 Å². The first-order valence-corrected chi connectivity index (χ1v) is 4.77. The number of rotatable bonds is 2. The average molecular weight is 174 g/mol. The van der Waals surface area contributed by atoms with Crippen LogP contribution < -0.4 is 0 Å². The zero-order valence-corrected chi connectivity index (χ0v) is 7.60. The summed E-state index contributed by atoms with van der Waals surface area (Å²) in [6.45, 7) is 0. The molecule has 0 aromatic heterocycles. The van der Waals surface area contributed by atoms with Crippen LogP contribution in [0.1, 0.15) is 12.8 Å². The molecule has 0 bridgehead atoms. The molecule has 2 aliphatic carbocycles. The Hall–Kier alpha value is -1.08. The van der Waals surface area contributed by atoms with Gasteiger partial charge in [-0.3, -0.25) is 0 Å². The van der Waals surface area contributed by atoms with Crippen molar-refractivity contribution in [3.63, 3.8) is 0 Å². The minimum absolute atomic E-state index is 0.158. The molecule has 0 radical (unpaired) electrons. The van der Waals surface area contributed by atoms with Gasteiger partial charge in [0.05, 0.1) is 12.2 Å². The SMILES string of the molecule is C1=CC(OC2C=CCC=C2)C=CC1. The van der Waals surface area contributed by atoms with Crippen LogP contribution in [0, 0.1) is 0 Å². The highest BCUT2D eigenvalue weighted by Gasteiger charge is 2.09. The Morgan fingerprint density at radius 3 is 1.46 bits per heavy atom. The maximum atomic E-state index is 5.78. The topological polar surface area (TPSA) is 9.23 Å². The summed E-state index contributed by atoms with van der Waals surface area (Å²) in [6, 6.07) is 0. The predicted octanol–water partition coefficient (Wildman–Crippen LogP) is 2.77. The van der Waals surface area contributed by atoms with Crippen molar-refractivity contribution < 1.29 is 4.74 Å². The Bertz CT molecular complexity index is 219. The monoisotopic (exact) mass is 174 g/mol. The van der Waals surface area contributed by atoms with Crippen molar-refractivity contribution >= 4 is 0 Å². The van der Waals surface area contributed by atoms with Gasteiger partial charge in [-0.15, -0.1) is 0 Å². The van der Waals surface area contributed by atoms with Crippen molar-refractivity contribution in [3.8, 4) is 0 Å². The van der Waals surface area contributed by atoms with Crippen molar-refractivity contribution in [2.45, 2.75) is 25.0 Å². The van der Waals surface area contributed by atoms with E-state index < -0.39 is 0 Å². The van der Waals surface area contributed by atoms with Gasteiger partial charge in [0.1, 0.15) is 0 Å². The van der Waals surface area contributed by atoms with E-state index in [0.29, 0.717) is 0 Å². The molecule has 0 N–H and O–H groups in total. The van der Waals surface area contributed by atoms with Gasteiger partial charge in [-0.05, 0) is 12.8 Å². The van der Waals surface area contributed by atoms with Crippen molar-refractivity contribution in [1.29, 1.82) is 0 Å². The van der Waals surface area contributed by atoms with Gasteiger partial charge < -0.3 is 4.74 Å². The summed E-state index contributed by atoms with van der Waals surface area (Å²) in [4.78, 5) is 0. The van der Waals surface area contributed by atoms with Crippen LogP contribution in [0.2, 0.25) is 0 Å². The lowest BCUT2D eigenvalue weighted by Crippen LogP contribution is -2.17. The second-order valence-electron chi connectivity index (χ2n) is 3.25. The number of hydrogen-bond acceptors (Lipinski definition) is 1. The standard InChI is InChI=1S/C12H14O/c1-3-7-11(8-4-1)13-12-9-5-2-6-10-12/h3-12H,1-2H2. The minimum Gasteiger partial charge on any atom is -0.359 e. The molecule has 13 heavy (non-hydrogen) atoms. The third-order valence-electron chi connectivity index (χ3n) is 2.16. The van der Waals surface area contributed by atoms with E-state index in [1.54, 1.807) is 0 Å². The van der Waals surface area contributed by atoms with E-state index in [-0.39, 0.29) is 12.2 Å². The van der Waals surface area contributed by atoms with Crippen LogP contribution in [0.25, 0.3) is 0 Å². The molecule has 0 fully saturated rings. The van der Waals surface area contributed by atoms with Gasteiger partial charge in [-0.2, -0.15) is 0 Å². The molecule has 0 aliphatic heterocycles. The first kappa shape index (κ1) is 8.52. The highest BCUT2D eigenvalue weighted by molar-refractivity contribution is 5.15. The summed E-state index contributed by atoms with van der Waals surface area (Å²) in [7, 11) is 0. The lowest BCUT2D eigenvalue weighted by molar-refractivity contribution is 0.0945. The van der Waals surface area contributed by atoms with E-state index >= 15 is 0 Å². The Morgan fingerprint density at radius 2 is 1.08 bits per heavy atom. The minimum atomic E-state index is 0.158. The van der Waals surface area contributed by atoms with Crippen molar-refractivity contribution in [2.75, 3.05) is 0 Å². The highest BCUT2D eigenvalue weighted by Crippen LogP contribution is 2.12. The van der Waals surface area contributed by atoms with Gasteiger partial charge in [0.25, 0.3) is 0 Å². The normalized spacial score (nSPS) is 22.8. The molecule has 0 amide bonds. The number of hydrogen-bond donors (Lipinski definition) is 0. The van der Waals surface area contributed by atoms with E-state index in [0.717, 1.165) is 12.8 Å². The van der Waals surface area contributed by atoms with E-state index in [1.165, 1.54) is 0 Å².